The average Bonchev–Trinajstić information content (AvgIpc) is 1.75. The molecule has 2 saturated carbocycles. The Hall–Kier alpha value is -0.0800. The van der Waals surface area contributed by atoms with Gasteiger partial charge in [-0.1, -0.05) is 6.92 Å². The minimum Gasteiger partial charge on any atom is -0.390 e. The molecule has 0 aromatic heterocycles. The van der Waals surface area contributed by atoms with Crippen LogP contribution in [0.5, 0.6) is 0 Å². The maximum Gasteiger partial charge on any atom is 0.0670 e. The summed E-state index contributed by atoms with van der Waals surface area (Å²) < 4.78 is 0. The lowest BCUT2D eigenvalue weighted by Gasteiger charge is -2.50. The van der Waals surface area contributed by atoms with Crippen molar-refractivity contribution in [3.63, 3.8) is 0 Å². The summed E-state index contributed by atoms with van der Waals surface area (Å²) in [5, 5.41) is 10.3. The normalized spacial score (nSPS) is 56.3. The quantitative estimate of drug-likeness (QED) is 0.600. The lowest BCUT2D eigenvalue weighted by molar-refractivity contribution is -0.0862. The molecule has 0 amide bonds. The lowest BCUT2D eigenvalue weighted by atomic mass is 9.60. The van der Waals surface area contributed by atoms with E-state index in [1.165, 1.54) is 6.42 Å². The van der Waals surface area contributed by atoms with E-state index in [0.717, 1.165) is 25.7 Å². The highest BCUT2D eigenvalue weighted by Gasteiger charge is 2.47. The van der Waals surface area contributed by atoms with Gasteiger partial charge in [0.25, 0.3) is 0 Å². The zero-order chi connectivity index (χ0) is 9.69. The van der Waals surface area contributed by atoms with Gasteiger partial charge in [0.1, 0.15) is 0 Å². The Balaban J connectivity index is 2.17. The van der Waals surface area contributed by atoms with Crippen molar-refractivity contribution in [3.05, 3.63) is 0 Å². The van der Waals surface area contributed by atoms with Gasteiger partial charge in [-0.2, -0.15) is 0 Å². The number of hydrogen-bond donors (Lipinski definition) is 2. The third kappa shape index (κ3) is 1.89. The molecule has 0 heterocycles. The molecule has 76 valence electrons. The Morgan fingerprint density at radius 2 is 2.00 bits per heavy atom. The topological polar surface area (TPSA) is 46.2 Å². The molecule has 0 spiro atoms. The Kier molecular flexibility index (Phi) is 1.97. The van der Waals surface area contributed by atoms with Gasteiger partial charge in [0.2, 0.25) is 0 Å². The molecule has 2 aliphatic carbocycles. The van der Waals surface area contributed by atoms with Crippen molar-refractivity contribution in [2.24, 2.45) is 17.6 Å². The molecule has 0 aliphatic heterocycles. The summed E-state index contributed by atoms with van der Waals surface area (Å²) in [6, 6.07) is 0. The molecular formula is C11H21NO. The van der Waals surface area contributed by atoms with Crippen LogP contribution in [-0.4, -0.2) is 16.2 Å². The van der Waals surface area contributed by atoms with Crippen LogP contribution in [-0.2, 0) is 0 Å². The molecule has 2 heteroatoms. The third-order valence-corrected chi connectivity index (χ3v) is 3.62. The molecule has 0 saturated heterocycles. The van der Waals surface area contributed by atoms with Crippen molar-refractivity contribution < 1.29 is 5.11 Å². The van der Waals surface area contributed by atoms with Gasteiger partial charge in [-0.05, 0) is 50.9 Å². The van der Waals surface area contributed by atoms with E-state index in [9.17, 15) is 5.11 Å². The minimum absolute atomic E-state index is 0.127. The molecule has 2 nitrogen and oxygen atoms in total. The first-order chi connectivity index (χ1) is 5.89. The van der Waals surface area contributed by atoms with Gasteiger partial charge in [0, 0.05) is 5.54 Å². The van der Waals surface area contributed by atoms with Gasteiger partial charge in [-0.3, -0.25) is 0 Å². The number of fused-ring (bicyclic) bond motifs is 2. The molecule has 3 N–H and O–H groups in total. The van der Waals surface area contributed by atoms with Gasteiger partial charge < -0.3 is 10.8 Å². The van der Waals surface area contributed by atoms with E-state index >= 15 is 0 Å². The van der Waals surface area contributed by atoms with E-state index in [-0.39, 0.29) is 5.54 Å². The summed E-state index contributed by atoms with van der Waals surface area (Å²) in [6.07, 6.45) is 5.09. The summed E-state index contributed by atoms with van der Waals surface area (Å²) in [5.41, 5.74) is 5.57. The van der Waals surface area contributed by atoms with Crippen LogP contribution in [0.15, 0.2) is 0 Å². The van der Waals surface area contributed by atoms with E-state index in [2.05, 4.69) is 13.8 Å². The van der Waals surface area contributed by atoms with Crippen LogP contribution in [0.2, 0.25) is 0 Å². The zero-order valence-corrected chi connectivity index (χ0v) is 8.71. The number of nitrogens with two attached hydrogens (primary N) is 1. The summed E-state index contributed by atoms with van der Waals surface area (Å²) in [4.78, 5) is 0. The van der Waals surface area contributed by atoms with E-state index in [0.29, 0.717) is 11.8 Å². The third-order valence-electron chi connectivity index (χ3n) is 3.62. The first-order valence-corrected chi connectivity index (χ1v) is 5.40. The van der Waals surface area contributed by atoms with E-state index in [4.69, 9.17) is 5.73 Å². The molecule has 4 unspecified atom stereocenters. The highest BCUT2D eigenvalue weighted by Crippen LogP contribution is 2.47. The highest BCUT2D eigenvalue weighted by molar-refractivity contribution is 5.02. The second kappa shape index (κ2) is 2.71. The van der Waals surface area contributed by atoms with Crippen molar-refractivity contribution in [2.75, 3.05) is 0 Å². The molecule has 13 heavy (non-hydrogen) atoms. The van der Waals surface area contributed by atoms with Crippen LogP contribution in [0.3, 0.4) is 0 Å². The predicted molar refractivity (Wildman–Crippen MR) is 53.3 cm³/mol. The first kappa shape index (κ1) is 9.47. The van der Waals surface area contributed by atoms with Crippen molar-refractivity contribution in [1.82, 2.24) is 0 Å². The van der Waals surface area contributed by atoms with Crippen LogP contribution in [0.1, 0.15) is 46.0 Å². The second-order valence-corrected chi connectivity index (χ2v) is 5.87. The smallest absolute Gasteiger partial charge is 0.0670 e. The number of rotatable bonds is 0. The van der Waals surface area contributed by atoms with Crippen LogP contribution in [0, 0.1) is 11.8 Å². The fourth-order valence-corrected chi connectivity index (χ4v) is 3.79. The molecule has 2 aliphatic rings. The van der Waals surface area contributed by atoms with Crippen LogP contribution in [0.4, 0.5) is 0 Å². The molecule has 2 fully saturated rings. The SMILES string of the molecule is CC1CC2CC(C)(N)CC(O)(C1)C2. The number of aliphatic hydroxyl groups is 1. The van der Waals surface area contributed by atoms with Crippen molar-refractivity contribution in [2.45, 2.75) is 57.1 Å². The van der Waals surface area contributed by atoms with Gasteiger partial charge in [-0.25, -0.2) is 0 Å². The summed E-state index contributed by atoms with van der Waals surface area (Å²) in [7, 11) is 0. The van der Waals surface area contributed by atoms with Crippen molar-refractivity contribution >= 4 is 0 Å². The Morgan fingerprint density at radius 3 is 2.62 bits per heavy atom. The molecule has 0 aromatic carbocycles. The highest BCUT2D eigenvalue weighted by atomic mass is 16.3. The monoisotopic (exact) mass is 183 g/mol. The zero-order valence-electron chi connectivity index (χ0n) is 8.71. The molecule has 0 radical (unpaired) electrons. The van der Waals surface area contributed by atoms with Gasteiger partial charge in [0.05, 0.1) is 5.60 Å². The maximum atomic E-state index is 10.3. The van der Waals surface area contributed by atoms with Gasteiger partial charge in [-0.15, -0.1) is 0 Å². The van der Waals surface area contributed by atoms with Crippen LogP contribution >= 0.6 is 0 Å². The second-order valence-electron chi connectivity index (χ2n) is 5.87. The molecular weight excluding hydrogens is 162 g/mol. The largest absolute Gasteiger partial charge is 0.390 e. The van der Waals surface area contributed by atoms with E-state index in [1.807, 2.05) is 0 Å². The van der Waals surface area contributed by atoms with Crippen molar-refractivity contribution in [3.8, 4) is 0 Å². The van der Waals surface area contributed by atoms with Gasteiger partial charge in [0.15, 0.2) is 0 Å². The minimum atomic E-state index is -0.440. The molecule has 4 atom stereocenters. The lowest BCUT2D eigenvalue weighted by Crippen LogP contribution is -2.55. The Morgan fingerprint density at radius 1 is 1.31 bits per heavy atom. The van der Waals surface area contributed by atoms with Crippen molar-refractivity contribution in [1.29, 1.82) is 0 Å². The predicted octanol–water partition coefficient (Wildman–Crippen LogP) is 1.66. The number of hydrogen-bond acceptors (Lipinski definition) is 2. The maximum absolute atomic E-state index is 10.3. The van der Waals surface area contributed by atoms with Crippen LogP contribution < -0.4 is 5.73 Å². The fourth-order valence-electron chi connectivity index (χ4n) is 3.79. The van der Waals surface area contributed by atoms with Crippen LogP contribution in [0.25, 0.3) is 0 Å². The first-order valence-electron chi connectivity index (χ1n) is 5.40. The van der Waals surface area contributed by atoms with E-state index < -0.39 is 5.60 Å². The summed E-state index contributed by atoms with van der Waals surface area (Å²) in [6.45, 7) is 4.33. The molecule has 0 aromatic rings. The van der Waals surface area contributed by atoms with Gasteiger partial charge >= 0.3 is 0 Å². The Bertz CT molecular complexity index is 208. The summed E-state index contributed by atoms with van der Waals surface area (Å²) >= 11 is 0. The van der Waals surface area contributed by atoms with E-state index in [1.54, 1.807) is 0 Å². The molecule has 2 rings (SSSR count). The Labute approximate surface area is 80.5 Å². The molecule has 2 bridgehead atoms. The standard InChI is InChI=1S/C11H21NO/c1-8-3-9-5-10(2,12)7-11(13,4-8)6-9/h8-9,13H,3-7,12H2,1-2H3. The summed E-state index contributed by atoms with van der Waals surface area (Å²) in [5.74, 6) is 1.34. The fraction of sp³-hybridized carbons (Fsp3) is 1.00. The average molecular weight is 183 g/mol.